The zero-order chi connectivity index (χ0) is 9.47. The van der Waals surface area contributed by atoms with E-state index in [1.54, 1.807) is 11.3 Å². The predicted molar refractivity (Wildman–Crippen MR) is 52.7 cm³/mol. The van der Waals surface area contributed by atoms with Crippen molar-refractivity contribution in [2.75, 3.05) is 0 Å². The summed E-state index contributed by atoms with van der Waals surface area (Å²) in [4.78, 5) is 5.58. The number of rotatable bonds is 1. The number of nitriles is 1. The van der Waals surface area contributed by atoms with Crippen LogP contribution < -0.4 is 0 Å². The molecular weight excluding hydrogens is 180 g/mol. The van der Waals surface area contributed by atoms with E-state index in [-0.39, 0.29) is 5.41 Å². The van der Waals surface area contributed by atoms with Crippen LogP contribution in [0.15, 0.2) is 0 Å². The lowest BCUT2D eigenvalue weighted by atomic mass is 9.68. The minimum Gasteiger partial charge on any atom is -0.247 e. The third-order valence-electron chi connectivity index (χ3n) is 2.76. The normalized spacial score (nSPS) is 19.2. The number of hydrogen-bond acceptors (Lipinski definition) is 3. The molecule has 0 unspecified atom stereocenters. The van der Waals surface area contributed by atoms with Crippen LogP contribution in [0.3, 0.4) is 0 Å². The SMILES string of the molecule is Cc1nc(C)c(C2(C#N)CCC2)s1. The summed E-state index contributed by atoms with van der Waals surface area (Å²) in [5, 5.41) is 10.2. The lowest BCUT2D eigenvalue weighted by molar-refractivity contribution is 0.328. The topological polar surface area (TPSA) is 36.7 Å². The molecule has 0 spiro atoms. The Morgan fingerprint density at radius 3 is 2.46 bits per heavy atom. The first-order valence-electron chi connectivity index (χ1n) is 4.54. The van der Waals surface area contributed by atoms with Gasteiger partial charge >= 0.3 is 0 Å². The van der Waals surface area contributed by atoms with Gasteiger partial charge in [-0.2, -0.15) is 5.26 Å². The highest BCUT2D eigenvalue weighted by atomic mass is 32.1. The Balaban J connectivity index is 2.45. The summed E-state index contributed by atoms with van der Waals surface area (Å²) >= 11 is 1.69. The fourth-order valence-electron chi connectivity index (χ4n) is 1.90. The molecule has 1 aliphatic rings. The zero-order valence-corrected chi connectivity index (χ0v) is 8.74. The quantitative estimate of drug-likeness (QED) is 0.686. The van der Waals surface area contributed by atoms with Gasteiger partial charge in [-0.25, -0.2) is 4.98 Å². The monoisotopic (exact) mass is 192 g/mol. The van der Waals surface area contributed by atoms with E-state index < -0.39 is 0 Å². The van der Waals surface area contributed by atoms with E-state index >= 15 is 0 Å². The van der Waals surface area contributed by atoms with Crippen LogP contribution in [-0.2, 0) is 5.41 Å². The van der Waals surface area contributed by atoms with Gasteiger partial charge in [0.25, 0.3) is 0 Å². The lowest BCUT2D eigenvalue weighted by Crippen LogP contribution is -2.31. The smallest absolute Gasteiger partial charge is 0.0933 e. The molecular formula is C10H12N2S. The molecule has 13 heavy (non-hydrogen) atoms. The number of hydrogen-bond donors (Lipinski definition) is 0. The van der Waals surface area contributed by atoms with Crippen molar-refractivity contribution in [1.82, 2.24) is 4.98 Å². The van der Waals surface area contributed by atoms with Crippen molar-refractivity contribution in [3.05, 3.63) is 15.6 Å². The molecule has 1 aromatic heterocycles. The number of thiazole rings is 1. The Morgan fingerprint density at radius 2 is 2.15 bits per heavy atom. The lowest BCUT2D eigenvalue weighted by Gasteiger charge is -2.34. The van der Waals surface area contributed by atoms with Crippen LogP contribution in [0.4, 0.5) is 0 Å². The zero-order valence-electron chi connectivity index (χ0n) is 7.92. The van der Waals surface area contributed by atoms with Gasteiger partial charge in [0.15, 0.2) is 0 Å². The summed E-state index contributed by atoms with van der Waals surface area (Å²) in [5.74, 6) is 0. The molecule has 0 saturated heterocycles. The van der Waals surface area contributed by atoms with Crippen molar-refractivity contribution in [3.8, 4) is 6.07 Å². The van der Waals surface area contributed by atoms with Crippen LogP contribution >= 0.6 is 11.3 Å². The van der Waals surface area contributed by atoms with E-state index in [1.165, 1.54) is 11.3 Å². The molecule has 0 N–H and O–H groups in total. The molecule has 2 nitrogen and oxygen atoms in total. The van der Waals surface area contributed by atoms with E-state index in [2.05, 4.69) is 11.1 Å². The van der Waals surface area contributed by atoms with E-state index in [0.29, 0.717) is 0 Å². The van der Waals surface area contributed by atoms with Gasteiger partial charge < -0.3 is 0 Å². The maximum Gasteiger partial charge on any atom is 0.0933 e. The summed E-state index contributed by atoms with van der Waals surface area (Å²) in [6.45, 7) is 4.02. The minimum absolute atomic E-state index is 0.171. The molecule has 0 bridgehead atoms. The van der Waals surface area contributed by atoms with Crippen molar-refractivity contribution in [2.24, 2.45) is 0 Å². The van der Waals surface area contributed by atoms with E-state index in [1.807, 2.05) is 13.8 Å². The Hall–Kier alpha value is -0.880. The molecule has 1 saturated carbocycles. The molecule has 0 amide bonds. The summed E-state index contributed by atoms with van der Waals surface area (Å²) in [6.07, 6.45) is 3.22. The molecule has 1 heterocycles. The molecule has 1 fully saturated rings. The van der Waals surface area contributed by atoms with Crippen molar-refractivity contribution < 1.29 is 0 Å². The Labute approximate surface area is 82.2 Å². The molecule has 1 aromatic rings. The number of aromatic nitrogens is 1. The molecule has 3 heteroatoms. The largest absolute Gasteiger partial charge is 0.247 e. The van der Waals surface area contributed by atoms with Gasteiger partial charge in [-0.3, -0.25) is 0 Å². The number of nitrogens with zero attached hydrogens (tertiary/aromatic N) is 2. The fourth-order valence-corrected chi connectivity index (χ4v) is 3.01. The van der Waals surface area contributed by atoms with Crippen molar-refractivity contribution in [3.63, 3.8) is 0 Å². The van der Waals surface area contributed by atoms with Crippen molar-refractivity contribution in [2.45, 2.75) is 38.5 Å². The molecule has 68 valence electrons. The standard InChI is InChI=1S/C10H12N2S/c1-7-9(13-8(2)12-7)10(6-11)4-3-5-10/h3-5H2,1-2H3. The first-order valence-corrected chi connectivity index (χ1v) is 5.35. The highest BCUT2D eigenvalue weighted by Crippen LogP contribution is 2.46. The molecule has 0 aromatic carbocycles. The Morgan fingerprint density at radius 1 is 1.46 bits per heavy atom. The first kappa shape index (κ1) is 8.71. The first-order chi connectivity index (χ1) is 6.18. The van der Waals surface area contributed by atoms with E-state index in [4.69, 9.17) is 5.26 Å². The van der Waals surface area contributed by atoms with E-state index in [0.717, 1.165) is 23.5 Å². The second kappa shape index (κ2) is 2.81. The van der Waals surface area contributed by atoms with Crippen LogP contribution in [0, 0.1) is 25.2 Å². The summed E-state index contributed by atoms with van der Waals surface area (Å²) < 4.78 is 0. The van der Waals surface area contributed by atoms with Gasteiger partial charge in [-0.15, -0.1) is 11.3 Å². The Kier molecular flexibility index (Phi) is 1.88. The third kappa shape index (κ3) is 1.17. The van der Waals surface area contributed by atoms with Crippen molar-refractivity contribution in [1.29, 1.82) is 5.26 Å². The highest BCUT2D eigenvalue weighted by Gasteiger charge is 2.41. The van der Waals surface area contributed by atoms with Gasteiger partial charge in [0.2, 0.25) is 0 Å². The predicted octanol–water partition coefficient (Wildman–Crippen LogP) is 2.71. The maximum absolute atomic E-state index is 9.15. The van der Waals surface area contributed by atoms with Crippen LogP contribution in [-0.4, -0.2) is 4.98 Å². The third-order valence-corrected chi connectivity index (χ3v) is 4.04. The van der Waals surface area contributed by atoms with Gasteiger partial charge in [0.05, 0.1) is 22.2 Å². The van der Waals surface area contributed by atoms with E-state index in [9.17, 15) is 0 Å². The average molecular weight is 192 g/mol. The summed E-state index contributed by atoms with van der Waals surface area (Å²) in [5.41, 5.74) is 0.888. The summed E-state index contributed by atoms with van der Waals surface area (Å²) in [7, 11) is 0. The molecule has 0 radical (unpaired) electrons. The minimum atomic E-state index is -0.171. The van der Waals surface area contributed by atoms with Gasteiger partial charge in [-0.05, 0) is 33.1 Å². The average Bonchev–Trinajstić information content (AvgIpc) is 2.30. The molecule has 0 aliphatic heterocycles. The summed E-state index contributed by atoms with van der Waals surface area (Å²) in [6, 6.07) is 2.46. The highest BCUT2D eigenvalue weighted by molar-refractivity contribution is 7.11. The second-order valence-corrected chi connectivity index (χ2v) is 4.90. The van der Waals surface area contributed by atoms with Crippen LogP contribution in [0.2, 0.25) is 0 Å². The van der Waals surface area contributed by atoms with Gasteiger partial charge in [0, 0.05) is 4.88 Å². The molecule has 2 rings (SSSR count). The fraction of sp³-hybridized carbons (Fsp3) is 0.600. The van der Waals surface area contributed by atoms with Crippen molar-refractivity contribution >= 4 is 11.3 Å². The van der Waals surface area contributed by atoms with Crippen LogP contribution in [0.25, 0.3) is 0 Å². The van der Waals surface area contributed by atoms with Gasteiger partial charge in [-0.1, -0.05) is 0 Å². The maximum atomic E-state index is 9.15. The Bertz CT molecular complexity index is 369. The molecule has 1 aliphatic carbocycles. The number of aryl methyl sites for hydroxylation is 2. The molecule has 0 atom stereocenters. The second-order valence-electron chi connectivity index (χ2n) is 3.69. The van der Waals surface area contributed by atoms with Gasteiger partial charge in [0.1, 0.15) is 0 Å². The van der Waals surface area contributed by atoms with Crippen LogP contribution in [0.1, 0.15) is 34.8 Å². The van der Waals surface area contributed by atoms with Crippen LogP contribution in [0.5, 0.6) is 0 Å².